The zero-order valence-corrected chi connectivity index (χ0v) is 21.2. The molecule has 0 bridgehead atoms. The quantitative estimate of drug-likeness (QED) is 0.224. The van der Waals surface area contributed by atoms with Gasteiger partial charge in [-0.05, 0) is 78.2 Å². The van der Waals surface area contributed by atoms with Gasteiger partial charge in [0, 0.05) is 51.3 Å². The molecule has 5 aromatic rings. The fraction of sp³-hybridized carbons (Fsp3) is 0.103. The Labute approximate surface area is 216 Å². The summed E-state index contributed by atoms with van der Waals surface area (Å²) in [6, 6.07) is 24.4. The van der Waals surface area contributed by atoms with Crippen LogP contribution in [0, 0.1) is 6.92 Å². The van der Waals surface area contributed by atoms with E-state index in [1.807, 2.05) is 66.7 Å². The fourth-order valence-electron chi connectivity index (χ4n) is 4.06. The lowest BCUT2D eigenvalue weighted by molar-refractivity contribution is 0.475. The van der Waals surface area contributed by atoms with E-state index in [1.165, 1.54) is 0 Å². The molecule has 0 saturated heterocycles. The Hall–Kier alpha value is -4.43. The number of aromatic nitrogens is 2. The minimum Gasteiger partial charge on any atom is -0.508 e. The van der Waals surface area contributed by atoms with Crippen molar-refractivity contribution < 1.29 is 9.32 Å². The van der Waals surface area contributed by atoms with E-state index in [2.05, 4.69) is 15.6 Å². The molecule has 0 fully saturated rings. The zero-order chi connectivity index (χ0) is 25.9. The Balaban J connectivity index is 1.55. The van der Waals surface area contributed by atoms with Crippen LogP contribution < -0.4 is 16.2 Å². The number of rotatable bonds is 7. The summed E-state index contributed by atoms with van der Waals surface area (Å²) in [5.41, 5.74) is 5.81. The predicted octanol–water partition coefficient (Wildman–Crippen LogP) is 5.70. The third-order valence-corrected chi connectivity index (χ3v) is 7.00. The first-order chi connectivity index (χ1) is 17.9. The molecule has 0 aliphatic carbocycles. The Kier molecular flexibility index (Phi) is 6.74. The molecular weight excluding hydrogens is 484 g/mol. The highest BCUT2D eigenvalue weighted by Crippen LogP contribution is 2.31. The van der Waals surface area contributed by atoms with Gasteiger partial charge in [0.25, 0.3) is 5.56 Å². The van der Waals surface area contributed by atoms with Gasteiger partial charge in [-0.2, -0.15) is 0 Å². The molecule has 3 aromatic carbocycles. The van der Waals surface area contributed by atoms with Crippen LogP contribution in [0.1, 0.15) is 11.1 Å². The summed E-state index contributed by atoms with van der Waals surface area (Å²) < 4.78 is 12.0. The van der Waals surface area contributed by atoms with Crippen molar-refractivity contribution in [2.24, 2.45) is 0 Å². The van der Waals surface area contributed by atoms with E-state index in [9.17, 15) is 14.1 Å². The molecule has 0 amide bonds. The number of anilines is 3. The number of aryl methyl sites for hydroxylation is 1. The molecule has 1 unspecified atom stereocenters. The van der Waals surface area contributed by atoms with Crippen LogP contribution in [-0.4, -0.2) is 25.5 Å². The van der Waals surface area contributed by atoms with Gasteiger partial charge in [-0.1, -0.05) is 24.3 Å². The number of hydrogen-bond donors (Lipinski definition) is 4. The van der Waals surface area contributed by atoms with Crippen molar-refractivity contribution in [1.82, 2.24) is 9.97 Å². The topological polar surface area (TPSA) is 107 Å². The second kappa shape index (κ2) is 10.3. The van der Waals surface area contributed by atoms with Crippen LogP contribution >= 0.6 is 0 Å². The highest BCUT2D eigenvalue weighted by molar-refractivity contribution is 7.84. The number of pyridine rings is 2. The van der Waals surface area contributed by atoms with Gasteiger partial charge in [-0.15, -0.1) is 0 Å². The van der Waals surface area contributed by atoms with Gasteiger partial charge < -0.3 is 20.7 Å². The minimum atomic E-state index is -1.10. The van der Waals surface area contributed by atoms with Crippen LogP contribution in [0.15, 0.2) is 94.7 Å². The number of nitrogens with one attached hydrogen (secondary N) is 3. The number of phenolic OH excluding ortho intramolecular Hbond substituents is 1. The van der Waals surface area contributed by atoms with E-state index < -0.39 is 10.8 Å². The lowest BCUT2D eigenvalue weighted by Gasteiger charge is -2.16. The summed E-state index contributed by atoms with van der Waals surface area (Å²) in [5, 5.41) is 17.3. The third-order valence-electron chi connectivity index (χ3n) is 6.08. The molecular formula is C29H26N4O3S. The highest BCUT2D eigenvalue weighted by atomic mass is 32.2. The first kappa shape index (κ1) is 24.3. The number of nitrogens with zero attached hydrogens (tertiary/aromatic N) is 1. The number of phenols is 1. The summed E-state index contributed by atoms with van der Waals surface area (Å²) in [7, 11) is -1.10. The normalized spacial score (nSPS) is 11.8. The molecule has 0 radical (unpaired) electrons. The molecule has 4 N–H and O–H groups in total. The smallest absolute Gasteiger partial charge is 0.250 e. The van der Waals surface area contributed by atoms with Crippen LogP contribution in [0.3, 0.4) is 0 Å². The third kappa shape index (κ3) is 5.54. The second-order valence-corrected chi connectivity index (χ2v) is 10.2. The summed E-state index contributed by atoms with van der Waals surface area (Å²) in [6.07, 6.45) is 3.37. The van der Waals surface area contributed by atoms with Gasteiger partial charge in [-0.25, -0.2) is 4.98 Å². The average molecular weight is 511 g/mol. The number of fused-ring (bicyclic) bond motifs is 1. The first-order valence-corrected chi connectivity index (χ1v) is 13.3. The Bertz CT molecular complexity index is 1680. The molecule has 1 atom stereocenters. The van der Waals surface area contributed by atoms with E-state index >= 15 is 0 Å². The molecule has 37 heavy (non-hydrogen) atoms. The molecule has 7 nitrogen and oxygen atoms in total. The molecule has 5 rings (SSSR count). The molecule has 2 heterocycles. The van der Waals surface area contributed by atoms with Crippen molar-refractivity contribution in [3.63, 3.8) is 0 Å². The number of aromatic hydroxyl groups is 1. The van der Waals surface area contributed by atoms with Crippen LogP contribution in [-0.2, 0) is 17.3 Å². The predicted molar refractivity (Wildman–Crippen MR) is 150 cm³/mol. The lowest BCUT2D eigenvalue weighted by Crippen LogP contribution is -2.07. The molecule has 0 aliphatic heterocycles. The highest BCUT2D eigenvalue weighted by Gasteiger charge is 2.11. The monoisotopic (exact) mass is 510 g/mol. The maximum atomic E-state index is 12.0. The van der Waals surface area contributed by atoms with Crippen LogP contribution in [0.2, 0.25) is 0 Å². The zero-order valence-electron chi connectivity index (χ0n) is 20.4. The molecule has 0 saturated carbocycles. The van der Waals surface area contributed by atoms with Crippen molar-refractivity contribution >= 4 is 38.9 Å². The molecule has 2 aromatic heterocycles. The first-order valence-electron chi connectivity index (χ1n) is 11.7. The van der Waals surface area contributed by atoms with E-state index in [4.69, 9.17) is 4.98 Å². The Morgan fingerprint density at radius 3 is 2.54 bits per heavy atom. The Morgan fingerprint density at radius 2 is 1.78 bits per heavy atom. The molecule has 8 heteroatoms. The van der Waals surface area contributed by atoms with Crippen molar-refractivity contribution in [2.75, 3.05) is 16.9 Å². The minimum absolute atomic E-state index is 0.0997. The van der Waals surface area contributed by atoms with Crippen molar-refractivity contribution in [3.8, 4) is 16.9 Å². The summed E-state index contributed by atoms with van der Waals surface area (Å²) in [5.74, 6) is 0.882. The Morgan fingerprint density at radius 1 is 0.973 bits per heavy atom. The van der Waals surface area contributed by atoms with Gasteiger partial charge in [0.05, 0.1) is 11.2 Å². The van der Waals surface area contributed by atoms with Crippen LogP contribution in [0.5, 0.6) is 5.75 Å². The van der Waals surface area contributed by atoms with Crippen LogP contribution in [0.4, 0.5) is 17.2 Å². The van der Waals surface area contributed by atoms with Gasteiger partial charge in [0.1, 0.15) is 5.75 Å². The van der Waals surface area contributed by atoms with Crippen molar-refractivity contribution in [3.05, 3.63) is 107 Å². The number of H-pyrrole nitrogens is 1. The van der Waals surface area contributed by atoms with Crippen molar-refractivity contribution in [2.45, 2.75) is 18.4 Å². The number of hydrogen-bond acceptors (Lipinski definition) is 6. The maximum Gasteiger partial charge on any atom is 0.250 e. The van der Waals surface area contributed by atoms with E-state index in [-0.39, 0.29) is 11.3 Å². The van der Waals surface area contributed by atoms with E-state index in [0.717, 1.165) is 43.9 Å². The average Bonchev–Trinajstić information content (AvgIpc) is 2.90. The maximum absolute atomic E-state index is 12.0. The number of aromatic amines is 1. The van der Waals surface area contributed by atoms with Crippen molar-refractivity contribution in [1.29, 1.82) is 0 Å². The van der Waals surface area contributed by atoms with E-state index in [0.29, 0.717) is 17.9 Å². The van der Waals surface area contributed by atoms with Gasteiger partial charge >= 0.3 is 0 Å². The summed E-state index contributed by atoms with van der Waals surface area (Å²) in [6.45, 7) is 2.30. The SMILES string of the molecule is Cc1cc(-c2ccc3nc(NCc4ccc(O)cc4)c(Nc4cccc(S(C)=O)c4)cc3c2)c[nH]c1=O. The molecule has 0 aliphatic rings. The van der Waals surface area contributed by atoms with Gasteiger partial charge in [0.15, 0.2) is 5.82 Å². The van der Waals surface area contributed by atoms with Gasteiger partial charge in [0.2, 0.25) is 0 Å². The summed E-state index contributed by atoms with van der Waals surface area (Å²) >= 11 is 0. The molecule has 186 valence electrons. The standard InChI is InChI=1S/C29H26N4O3S/c1-18-12-22(17-31-29(18)35)20-8-11-26-21(13-20)14-27(32-23-4-3-5-25(15-23)37(2)36)28(33-26)30-16-19-6-9-24(34)10-7-19/h3-15,17,32,34H,16H2,1-2H3,(H,30,33)(H,31,35). The largest absolute Gasteiger partial charge is 0.508 e. The molecule has 0 spiro atoms. The van der Waals surface area contributed by atoms with Crippen LogP contribution in [0.25, 0.3) is 22.0 Å². The fourth-order valence-corrected chi connectivity index (χ4v) is 4.62. The van der Waals surface area contributed by atoms with E-state index in [1.54, 1.807) is 31.5 Å². The lowest BCUT2D eigenvalue weighted by atomic mass is 10.0. The second-order valence-electron chi connectivity index (χ2n) is 8.82. The number of benzene rings is 3. The van der Waals surface area contributed by atoms with Gasteiger partial charge in [-0.3, -0.25) is 9.00 Å². The summed E-state index contributed by atoms with van der Waals surface area (Å²) in [4.78, 5) is 20.2.